The zero-order chi connectivity index (χ0) is 12.3. The fourth-order valence-electron chi connectivity index (χ4n) is 2.52. The smallest absolute Gasteiger partial charge is 0.307 e. The summed E-state index contributed by atoms with van der Waals surface area (Å²) in [6, 6.07) is 5.79. The normalized spacial score (nSPS) is 30.1. The highest BCUT2D eigenvalue weighted by molar-refractivity contribution is 5.49. The van der Waals surface area contributed by atoms with Gasteiger partial charge in [0.2, 0.25) is 0 Å². The van der Waals surface area contributed by atoms with Gasteiger partial charge in [-0.05, 0) is 37.5 Å². The largest absolute Gasteiger partial charge is 0.436 e. The molecule has 0 spiro atoms. The van der Waals surface area contributed by atoms with E-state index < -0.39 is 5.91 Å². The number of hydrogen-bond donors (Lipinski definition) is 2. The third kappa shape index (κ3) is 1.59. The first kappa shape index (κ1) is 10.9. The van der Waals surface area contributed by atoms with Crippen LogP contribution in [0, 0.1) is 0 Å². The molecule has 0 saturated heterocycles. The lowest BCUT2D eigenvalue weighted by molar-refractivity contribution is -0.0552. The minimum atomic E-state index is -1.08. The fraction of sp³-hybridized carbons (Fsp3) is 0.538. The van der Waals surface area contributed by atoms with E-state index in [2.05, 4.69) is 0 Å². The lowest BCUT2D eigenvalue weighted by atomic mass is 9.91. The van der Waals surface area contributed by atoms with E-state index in [0.29, 0.717) is 11.5 Å². The molecule has 1 heterocycles. The second kappa shape index (κ2) is 3.15. The van der Waals surface area contributed by atoms with E-state index in [1.807, 2.05) is 25.1 Å². The number of hydrogen-bond acceptors (Lipinski definition) is 4. The second-order valence-electron chi connectivity index (χ2n) is 5.21. The second-order valence-corrected chi connectivity index (χ2v) is 5.21. The van der Waals surface area contributed by atoms with Gasteiger partial charge >= 0.3 is 5.91 Å². The van der Waals surface area contributed by atoms with Crippen molar-refractivity contribution in [1.29, 1.82) is 0 Å². The average Bonchev–Trinajstić information content (AvgIpc) is 2.95. The van der Waals surface area contributed by atoms with Crippen molar-refractivity contribution < 1.29 is 14.6 Å². The van der Waals surface area contributed by atoms with Gasteiger partial charge in [-0.15, -0.1) is 0 Å². The van der Waals surface area contributed by atoms with Crippen LogP contribution >= 0.6 is 0 Å². The third-order valence-corrected chi connectivity index (χ3v) is 3.73. The molecular weight excluding hydrogens is 218 g/mol. The van der Waals surface area contributed by atoms with Gasteiger partial charge in [0, 0.05) is 12.3 Å². The monoisotopic (exact) mass is 235 g/mol. The molecular formula is C13H17NO3. The Morgan fingerprint density at radius 3 is 2.53 bits per heavy atom. The van der Waals surface area contributed by atoms with Crippen LogP contribution in [0.3, 0.4) is 0 Å². The molecule has 17 heavy (non-hydrogen) atoms. The molecule has 0 bridgehead atoms. The minimum absolute atomic E-state index is 0.0913. The summed E-state index contributed by atoms with van der Waals surface area (Å²) in [5.74, 6) is 0.252. The molecule has 2 atom stereocenters. The van der Waals surface area contributed by atoms with Crippen molar-refractivity contribution in [1.82, 2.24) is 0 Å². The Bertz CT molecular complexity index is 464. The van der Waals surface area contributed by atoms with E-state index in [1.54, 1.807) is 6.92 Å². The van der Waals surface area contributed by atoms with Gasteiger partial charge in [0.15, 0.2) is 11.5 Å². The van der Waals surface area contributed by atoms with Crippen LogP contribution in [0.25, 0.3) is 0 Å². The average molecular weight is 235 g/mol. The standard InChI is InChI=1S/C13H17NO3/c1-8(15)13(5-6-13)9-3-4-10-11(7-9)17-12(2,14)16-10/h3-4,7-8,15H,5-6,14H2,1-2H3. The summed E-state index contributed by atoms with van der Waals surface area (Å²) in [7, 11) is 0. The predicted octanol–water partition coefficient (Wildman–Crippen LogP) is 1.50. The molecule has 4 heteroatoms. The van der Waals surface area contributed by atoms with Crippen LogP contribution in [0.15, 0.2) is 18.2 Å². The maximum atomic E-state index is 9.85. The van der Waals surface area contributed by atoms with E-state index in [0.717, 1.165) is 18.4 Å². The summed E-state index contributed by atoms with van der Waals surface area (Å²) >= 11 is 0. The highest BCUT2D eigenvalue weighted by Crippen LogP contribution is 2.53. The van der Waals surface area contributed by atoms with Crippen LogP contribution in [0.4, 0.5) is 0 Å². The Labute approximate surface area is 100 Å². The molecule has 1 aliphatic heterocycles. The molecule has 0 radical (unpaired) electrons. The predicted molar refractivity (Wildman–Crippen MR) is 62.9 cm³/mol. The fourth-order valence-corrected chi connectivity index (χ4v) is 2.52. The molecule has 3 N–H and O–H groups in total. The van der Waals surface area contributed by atoms with Crippen molar-refractivity contribution >= 4 is 0 Å². The van der Waals surface area contributed by atoms with Crippen molar-refractivity contribution in [2.75, 3.05) is 0 Å². The number of aliphatic hydroxyl groups excluding tert-OH is 1. The van der Waals surface area contributed by atoms with Gasteiger partial charge in [-0.1, -0.05) is 6.07 Å². The van der Waals surface area contributed by atoms with Crippen molar-refractivity contribution in [3.8, 4) is 11.5 Å². The molecule has 2 unspecified atom stereocenters. The number of rotatable bonds is 2. The highest BCUT2D eigenvalue weighted by Gasteiger charge is 2.49. The summed E-state index contributed by atoms with van der Waals surface area (Å²) in [6.07, 6.45) is 1.70. The molecule has 3 rings (SSSR count). The van der Waals surface area contributed by atoms with E-state index in [4.69, 9.17) is 15.2 Å². The molecule has 1 aromatic carbocycles. The van der Waals surface area contributed by atoms with Gasteiger partial charge in [-0.2, -0.15) is 0 Å². The molecule has 92 valence electrons. The van der Waals surface area contributed by atoms with Gasteiger partial charge in [0.05, 0.1) is 6.10 Å². The summed E-state index contributed by atoms with van der Waals surface area (Å²) in [5, 5.41) is 9.85. The first-order valence-corrected chi connectivity index (χ1v) is 5.92. The first-order chi connectivity index (χ1) is 7.93. The molecule has 1 fully saturated rings. The molecule has 1 aromatic rings. The summed E-state index contributed by atoms with van der Waals surface area (Å²) in [4.78, 5) is 0. The Hall–Kier alpha value is -1.26. The van der Waals surface area contributed by atoms with Gasteiger partial charge in [0.25, 0.3) is 0 Å². The number of nitrogens with two attached hydrogens (primary N) is 1. The number of aliphatic hydroxyl groups is 1. The van der Waals surface area contributed by atoms with Crippen LogP contribution in [0.1, 0.15) is 32.3 Å². The Balaban J connectivity index is 1.97. The summed E-state index contributed by atoms with van der Waals surface area (Å²) in [5.41, 5.74) is 6.78. The van der Waals surface area contributed by atoms with Crippen LogP contribution in [-0.4, -0.2) is 17.1 Å². The van der Waals surface area contributed by atoms with Crippen LogP contribution in [0.5, 0.6) is 11.5 Å². The van der Waals surface area contributed by atoms with Gasteiger partial charge in [-0.25, -0.2) is 0 Å². The van der Waals surface area contributed by atoms with Crippen molar-refractivity contribution in [2.24, 2.45) is 5.73 Å². The van der Waals surface area contributed by atoms with Crippen LogP contribution < -0.4 is 15.2 Å². The molecule has 0 aromatic heterocycles. The lowest BCUT2D eigenvalue weighted by Crippen LogP contribution is -2.44. The van der Waals surface area contributed by atoms with Crippen molar-refractivity contribution in [2.45, 2.75) is 44.1 Å². The quantitative estimate of drug-likeness (QED) is 0.815. The molecule has 0 amide bonds. The minimum Gasteiger partial charge on any atom is -0.436 e. The SMILES string of the molecule is CC(O)C1(c2ccc3c(c2)OC(C)(N)O3)CC1. The maximum Gasteiger partial charge on any atom is 0.307 e. The Morgan fingerprint density at radius 1 is 1.29 bits per heavy atom. The Kier molecular flexibility index (Phi) is 2.01. The van der Waals surface area contributed by atoms with Crippen molar-refractivity contribution in [3.05, 3.63) is 23.8 Å². The van der Waals surface area contributed by atoms with Crippen molar-refractivity contribution in [3.63, 3.8) is 0 Å². The van der Waals surface area contributed by atoms with E-state index in [9.17, 15) is 5.11 Å². The van der Waals surface area contributed by atoms with Gasteiger partial charge in [-0.3, -0.25) is 5.73 Å². The molecule has 2 aliphatic rings. The number of benzene rings is 1. The Morgan fingerprint density at radius 2 is 1.94 bits per heavy atom. The third-order valence-electron chi connectivity index (χ3n) is 3.73. The molecule has 4 nitrogen and oxygen atoms in total. The number of fused-ring (bicyclic) bond motifs is 1. The zero-order valence-corrected chi connectivity index (χ0v) is 10.1. The number of ether oxygens (including phenoxy) is 2. The zero-order valence-electron chi connectivity index (χ0n) is 10.1. The first-order valence-electron chi connectivity index (χ1n) is 5.92. The van der Waals surface area contributed by atoms with Gasteiger partial charge < -0.3 is 14.6 Å². The summed E-state index contributed by atoms with van der Waals surface area (Å²) < 4.78 is 10.9. The van der Waals surface area contributed by atoms with Crippen LogP contribution in [0.2, 0.25) is 0 Å². The van der Waals surface area contributed by atoms with Crippen LogP contribution in [-0.2, 0) is 5.41 Å². The van der Waals surface area contributed by atoms with Gasteiger partial charge in [0.1, 0.15) is 0 Å². The highest BCUT2D eigenvalue weighted by atomic mass is 16.7. The maximum absolute atomic E-state index is 9.85. The molecule has 1 aliphatic carbocycles. The van der Waals surface area contributed by atoms with E-state index in [1.165, 1.54) is 0 Å². The van der Waals surface area contributed by atoms with E-state index >= 15 is 0 Å². The molecule has 1 saturated carbocycles. The summed E-state index contributed by atoms with van der Waals surface area (Å²) in [6.45, 7) is 3.51. The topological polar surface area (TPSA) is 64.7 Å². The lowest BCUT2D eigenvalue weighted by Gasteiger charge is -2.19. The van der Waals surface area contributed by atoms with E-state index in [-0.39, 0.29) is 11.5 Å².